The first-order valence-electron chi connectivity index (χ1n) is 11.1. The van der Waals surface area contributed by atoms with Crippen LogP contribution in [0.15, 0.2) is 30.3 Å². The van der Waals surface area contributed by atoms with Crippen molar-refractivity contribution in [1.82, 2.24) is 4.90 Å². The second-order valence-electron chi connectivity index (χ2n) is 9.05. The van der Waals surface area contributed by atoms with Gasteiger partial charge in [0, 0.05) is 37.6 Å². The first kappa shape index (κ1) is 33.3. The summed E-state index contributed by atoms with van der Waals surface area (Å²) < 4.78 is 0. The topological polar surface area (TPSA) is 27.3 Å². The van der Waals surface area contributed by atoms with E-state index < -0.39 is 0 Å². The summed E-state index contributed by atoms with van der Waals surface area (Å²) in [5.74, 6) is 1.05. The van der Waals surface area contributed by atoms with Gasteiger partial charge in [0.15, 0.2) is 0 Å². The number of nitrogens with one attached hydrogen (secondary N) is 2. The van der Waals surface area contributed by atoms with Crippen molar-refractivity contribution in [2.75, 3.05) is 43.9 Å². The minimum absolute atomic E-state index is 0. The maximum atomic E-state index is 3.75. The largest absolute Gasteiger partial charge is 2.00 e. The van der Waals surface area contributed by atoms with Crippen molar-refractivity contribution in [1.29, 1.82) is 0 Å². The van der Waals surface area contributed by atoms with E-state index in [0.717, 1.165) is 26.2 Å². The van der Waals surface area contributed by atoms with Crippen LogP contribution in [0.25, 0.3) is 0 Å². The molecule has 0 saturated heterocycles. The predicted molar refractivity (Wildman–Crippen MR) is 130 cm³/mol. The van der Waals surface area contributed by atoms with Crippen molar-refractivity contribution in [3.05, 3.63) is 58.1 Å². The predicted octanol–water partition coefficient (Wildman–Crippen LogP) is 0.320. The zero-order chi connectivity index (χ0) is 21.6. The summed E-state index contributed by atoms with van der Waals surface area (Å²) in [5.41, 5.74) is 9.47. The summed E-state index contributed by atoms with van der Waals surface area (Å²) >= 11 is 0. The minimum atomic E-state index is 0. The average molecular weight is 525 g/mol. The maximum Gasteiger partial charge on any atom is 2.00 e. The number of hydrogen-bond acceptors (Lipinski definition) is 3. The normalized spacial score (nSPS) is 10.5. The van der Waals surface area contributed by atoms with Crippen LogP contribution < -0.4 is 35.4 Å². The average Bonchev–Trinajstić information content (AvgIpc) is 2.63. The molecule has 0 atom stereocenters. The Morgan fingerprint density at radius 2 is 1.16 bits per heavy atom. The molecule has 183 valence electrons. The molecule has 0 heterocycles. The van der Waals surface area contributed by atoms with Crippen LogP contribution in [0, 0.1) is 20.8 Å². The van der Waals surface area contributed by atoms with Gasteiger partial charge in [0.1, 0.15) is 0 Å². The zero-order valence-electron chi connectivity index (χ0n) is 20.9. The van der Waals surface area contributed by atoms with Crippen LogP contribution in [0.3, 0.4) is 0 Å². The van der Waals surface area contributed by atoms with Gasteiger partial charge in [0.05, 0.1) is 0 Å². The van der Waals surface area contributed by atoms with E-state index in [1.54, 1.807) is 0 Å². The number of benzene rings is 2. The molecule has 0 amide bonds. The molecule has 0 aliphatic rings. The molecule has 0 fully saturated rings. The van der Waals surface area contributed by atoms with Crippen LogP contribution in [0.2, 0.25) is 0 Å². The number of rotatable bonds is 10. The van der Waals surface area contributed by atoms with Gasteiger partial charge in [-0.05, 0) is 61.9 Å². The molecule has 0 aliphatic carbocycles. The first-order chi connectivity index (χ1) is 13.7. The SMILES string of the molecule is Cc1cc(C)c(NCCN(C)CCNc2c(C(C)C)cccc2C(C)C)c(C)c1.[Cl-].[Cl-].[Co+2]. The Bertz CT molecular complexity index is 760. The fourth-order valence-corrected chi connectivity index (χ4v) is 4.07. The summed E-state index contributed by atoms with van der Waals surface area (Å²) in [6, 6.07) is 11.2. The molecular weight excluding hydrogens is 484 g/mol. The molecular formula is C26H41Cl2CoN3. The minimum Gasteiger partial charge on any atom is -1.00 e. The first-order valence-corrected chi connectivity index (χ1v) is 11.1. The van der Waals surface area contributed by atoms with E-state index in [2.05, 4.69) is 101 Å². The molecule has 0 unspecified atom stereocenters. The van der Waals surface area contributed by atoms with Crippen LogP contribution in [-0.4, -0.2) is 38.1 Å². The molecule has 0 aliphatic heterocycles. The van der Waals surface area contributed by atoms with Crippen molar-refractivity contribution < 1.29 is 41.6 Å². The number of hydrogen-bond donors (Lipinski definition) is 2. The van der Waals surface area contributed by atoms with E-state index in [1.807, 2.05) is 0 Å². The second kappa shape index (κ2) is 15.8. The Hall–Kier alpha value is -0.914. The van der Waals surface area contributed by atoms with Gasteiger partial charge in [0.25, 0.3) is 0 Å². The van der Waals surface area contributed by atoms with Crippen LogP contribution in [0.5, 0.6) is 0 Å². The van der Waals surface area contributed by atoms with E-state index in [-0.39, 0.29) is 41.6 Å². The van der Waals surface area contributed by atoms with Crippen molar-refractivity contribution in [3.63, 3.8) is 0 Å². The quantitative estimate of drug-likeness (QED) is 0.468. The van der Waals surface area contributed by atoms with Crippen LogP contribution in [0.4, 0.5) is 11.4 Å². The Morgan fingerprint density at radius 1 is 0.750 bits per heavy atom. The van der Waals surface area contributed by atoms with Crippen molar-refractivity contribution >= 4 is 11.4 Å². The molecule has 6 heteroatoms. The van der Waals surface area contributed by atoms with Gasteiger partial charge >= 0.3 is 16.8 Å². The van der Waals surface area contributed by atoms with Gasteiger partial charge in [-0.25, -0.2) is 0 Å². The Balaban J connectivity index is 0. The molecule has 0 bridgehead atoms. The molecule has 2 N–H and O–H groups in total. The molecule has 32 heavy (non-hydrogen) atoms. The molecule has 0 spiro atoms. The monoisotopic (exact) mass is 524 g/mol. The number of likely N-dealkylation sites (N-methyl/N-ethyl adjacent to an activating group) is 1. The van der Waals surface area contributed by atoms with E-state index >= 15 is 0 Å². The van der Waals surface area contributed by atoms with Gasteiger partial charge in [0.2, 0.25) is 0 Å². The fourth-order valence-electron chi connectivity index (χ4n) is 4.07. The summed E-state index contributed by atoms with van der Waals surface area (Å²) in [6.07, 6.45) is 0. The number of halogens is 2. The standard InChI is InChI=1S/C26H41N3.2ClH.Co/c1-18(2)23-10-9-11-24(19(3)4)26(23)28-13-15-29(8)14-12-27-25-21(6)16-20(5)17-22(25)7;;;/h9-11,16-19,27-28H,12-15H2,1-8H3;2*1H;/q;;;+2/p-2. The molecule has 1 radical (unpaired) electrons. The number of aryl methyl sites for hydroxylation is 3. The van der Waals surface area contributed by atoms with Crippen LogP contribution >= 0.6 is 0 Å². The molecule has 2 aromatic rings. The molecule has 2 aromatic carbocycles. The van der Waals surface area contributed by atoms with E-state index in [0.29, 0.717) is 11.8 Å². The maximum absolute atomic E-state index is 3.75. The number of para-hydroxylation sites is 1. The van der Waals surface area contributed by atoms with Gasteiger partial charge in [-0.2, -0.15) is 0 Å². The third kappa shape index (κ3) is 9.52. The Morgan fingerprint density at radius 3 is 1.56 bits per heavy atom. The Kier molecular flexibility index (Phi) is 16.5. The molecule has 0 saturated carbocycles. The smallest absolute Gasteiger partial charge is 1.00 e. The molecule has 2 rings (SSSR count). The van der Waals surface area contributed by atoms with E-state index in [4.69, 9.17) is 0 Å². The third-order valence-electron chi connectivity index (χ3n) is 5.64. The third-order valence-corrected chi connectivity index (χ3v) is 5.64. The van der Waals surface area contributed by atoms with Gasteiger partial charge < -0.3 is 40.3 Å². The van der Waals surface area contributed by atoms with Crippen molar-refractivity contribution in [2.24, 2.45) is 0 Å². The summed E-state index contributed by atoms with van der Waals surface area (Å²) in [5, 5.41) is 7.38. The molecule has 3 nitrogen and oxygen atoms in total. The van der Waals surface area contributed by atoms with Crippen molar-refractivity contribution in [2.45, 2.75) is 60.3 Å². The summed E-state index contributed by atoms with van der Waals surface area (Å²) in [6.45, 7) is 19.6. The van der Waals surface area contributed by atoms with Gasteiger partial charge in [-0.15, -0.1) is 0 Å². The van der Waals surface area contributed by atoms with Crippen LogP contribution in [0.1, 0.15) is 67.3 Å². The summed E-state index contributed by atoms with van der Waals surface area (Å²) in [4.78, 5) is 2.39. The van der Waals surface area contributed by atoms with E-state index in [1.165, 1.54) is 39.2 Å². The Labute approximate surface area is 219 Å². The fraction of sp³-hybridized carbons (Fsp3) is 0.538. The van der Waals surface area contributed by atoms with Crippen molar-refractivity contribution in [3.8, 4) is 0 Å². The molecule has 0 aromatic heterocycles. The van der Waals surface area contributed by atoms with Gasteiger partial charge in [-0.1, -0.05) is 63.6 Å². The second-order valence-corrected chi connectivity index (χ2v) is 9.05. The zero-order valence-corrected chi connectivity index (χ0v) is 23.5. The van der Waals surface area contributed by atoms with Crippen LogP contribution in [-0.2, 0) is 16.8 Å². The van der Waals surface area contributed by atoms with E-state index in [9.17, 15) is 0 Å². The number of nitrogens with zero attached hydrogens (tertiary/aromatic N) is 1. The van der Waals surface area contributed by atoms with Gasteiger partial charge in [-0.3, -0.25) is 0 Å². The number of anilines is 2. The summed E-state index contributed by atoms with van der Waals surface area (Å²) in [7, 11) is 2.20.